The fraction of sp³-hybridized carbons (Fsp3) is 0.612. The lowest BCUT2D eigenvalue weighted by molar-refractivity contribution is -0.142. The molecule has 1 aromatic carbocycles. The summed E-state index contributed by atoms with van der Waals surface area (Å²) in [5.41, 5.74) is 0.928. The summed E-state index contributed by atoms with van der Waals surface area (Å²) < 4.78 is 5.45. The first-order valence-corrected chi connectivity index (χ1v) is 23.8. The molecule has 9 atom stereocenters. The number of amides is 6. The number of imidazole rings is 2. The van der Waals surface area contributed by atoms with Crippen LogP contribution in [0.15, 0.2) is 55.4 Å². The number of aliphatic hydroxyl groups excluding tert-OH is 1. The molecule has 0 spiro atoms. The third-order valence-corrected chi connectivity index (χ3v) is 11.7. The Labute approximate surface area is 405 Å². The molecule has 0 aliphatic heterocycles. The summed E-state index contributed by atoms with van der Waals surface area (Å²) in [6.45, 7) is 19.6. The molecule has 0 unspecified atom stereocenters. The number of benzene rings is 1. The first-order chi connectivity index (χ1) is 32.4. The number of ether oxygens (including phenoxy) is 1. The summed E-state index contributed by atoms with van der Waals surface area (Å²) in [4.78, 5) is 109. The lowest BCUT2D eigenvalue weighted by atomic mass is 9.85. The van der Waals surface area contributed by atoms with E-state index in [1.165, 1.54) is 25.0 Å². The van der Waals surface area contributed by atoms with Crippen molar-refractivity contribution in [2.75, 3.05) is 0 Å². The van der Waals surface area contributed by atoms with Crippen LogP contribution >= 0.6 is 0 Å². The maximum absolute atomic E-state index is 14.3. The predicted molar refractivity (Wildman–Crippen MR) is 258 cm³/mol. The van der Waals surface area contributed by atoms with Gasteiger partial charge in [-0.05, 0) is 62.8 Å². The Morgan fingerprint density at radius 1 is 0.638 bits per heavy atom. The van der Waals surface area contributed by atoms with Crippen molar-refractivity contribution in [3.63, 3.8) is 0 Å². The Morgan fingerprint density at radius 2 is 1.16 bits per heavy atom. The molecule has 382 valence electrons. The van der Waals surface area contributed by atoms with E-state index in [9.17, 15) is 43.8 Å². The molecule has 0 radical (unpaired) electrons. The van der Waals surface area contributed by atoms with Crippen molar-refractivity contribution in [2.24, 2.45) is 29.6 Å². The van der Waals surface area contributed by atoms with Crippen molar-refractivity contribution < 1.29 is 48.5 Å². The van der Waals surface area contributed by atoms with E-state index in [0.29, 0.717) is 24.2 Å². The van der Waals surface area contributed by atoms with E-state index in [-0.39, 0.29) is 37.5 Å². The number of alkyl carbamates (subject to hydrolysis) is 1. The van der Waals surface area contributed by atoms with Crippen LogP contribution in [-0.2, 0) is 52.8 Å². The van der Waals surface area contributed by atoms with Gasteiger partial charge in [0.15, 0.2) is 0 Å². The molecule has 2 aromatic heterocycles. The number of carbonyl (C=O) groups excluding carboxylic acids is 6. The van der Waals surface area contributed by atoms with Gasteiger partial charge in [-0.2, -0.15) is 0 Å². The van der Waals surface area contributed by atoms with Gasteiger partial charge in [0.05, 0.1) is 24.8 Å². The van der Waals surface area contributed by atoms with Crippen LogP contribution in [0.5, 0.6) is 0 Å². The van der Waals surface area contributed by atoms with Crippen molar-refractivity contribution in [1.82, 2.24) is 51.8 Å². The first-order valence-electron chi connectivity index (χ1n) is 23.8. The van der Waals surface area contributed by atoms with E-state index in [4.69, 9.17) is 4.74 Å². The highest BCUT2D eigenvalue weighted by molar-refractivity contribution is 5.94. The molecular weight excluding hydrogens is 889 g/mol. The summed E-state index contributed by atoms with van der Waals surface area (Å²) in [6, 6.07) is 2.24. The van der Waals surface area contributed by atoms with Gasteiger partial charge in [-0.15, -0.1) is 0 Å². The van der Waals surface area contributed by atoms with Crippen molar-refractivity contribution in [3.8, 4) is 0 Å². The number of H-pyrrole nitrogens is 2. The largest absolute Gasteiger partial charge is 0.480 e. The molecule has 2 heterocycles. The number of carboxylic acid groups (broad SMARTS) is 1. The Hall–Kier alpha value is -6.31. The number of aliphatic hydroxyl groups is 1. The molecule has 10 N–H and O–H groups in total. The number of aromatic amines is 2. The number of aromatic nitrogens is 4. The van der Waals surface area contributed by atoms with Gasteiger partial charge < -0.3 is 56.8 Å². The number of rotatable bonds is 27. The van der Waals surface area contributed by atoms with Crippen LogP contribution in [0.25, 0.3) is 0 Å². The minimum atomic E-state index is -1.31. The highest BCUT2D eigenvalue weighted by atomic mass is 16.6. The van der Waals surface area contributed by atoms with E-state index in [2.05, 4.69) is 51.8 Å². The summed E-state index contributed by atoms with van der Waals surface area (Å²) in [5, 5.41) is 38.4. The van der Waals surface area contributed by atoms with E-state index >= 15 is 0 Å². The zero-order chi connectivity index (χ0) is 51.6. The standard InChI is InChI=1S/C49H76N10O10/c1-12-30(8)41(46(65)56-38(47(66)67)21-33-24-51-26-53-33)59-45(64)40(29(6)7)58-42(61)34(28(4)5)22-39(60)35(18-27(2)3)54-44(63)37(20-32-23-50-25-52-32)55-43(62)36(19-31-16-14-13-15-17-31)57-48(68)69-49(9,10)11/h13-17,23-30,34-41,60H,12,18-22H2,1-11H3,(H,50,52)(H,51,53)(H,54,63)(H,55,62)(H,56,65)(H,57,68)(H,58,61)(H,59,64)(H,66,67)/t30-,34+,35-,36-,37-,38-,39-,40-,41-/m0/s1. The van der Waals surface area contributed by atoms with Crippen molar-refractivity contribution in [1.29, 1.82) is 0 Å². The Morgan fingerprint density at radius 3 is 1.65 bits per heavy atom. The van der Waals surface area contributed by atoms with Gasteiger partial charge in [0.2, 0.25) is 29.5 Å². The average Bonchev–Trinajstić information content (AvgIpc) is 3.99. The van der Waals surface area contributed by atoms with Gasteiger partial charge in [-0.25, -0.2) is 19.6 Å². The Bertz CT molecular complexity index is 2090. The minimum Gasteiger partial charge on any atom is -0.480 e. The number of carbonyl (C=O) groups is 7. The Balaban J connectivity index is 1.83. The molecule has 0 aliphatic rings. The third kappa shape index (κ3) is 19.3. The topological polar surface area (TPSA) is 299 Å². The number of hydrogen-bond donors (Lipinski definition) is 10. The van der Waals surface area contributed by atoms with Crippen LogP contribution in [-0.4, -0.2) is 120 Å². The predicted octanol–water partition coefficient (Wildman–Crippen LogP) is 3.33. The quantitative estimate of drug-likeness (QED) is 0.0527. The van der Waals surface area contributed by atoms with E-state index in [1.807, 2.05) is 39.0 Å². The van der Waals surface area contributed by atoms with Crippen molar-refractivity contribution in [2.45, 2.75) is 163 Å². The maximum Gasteiger partial charge on any atom is 0.408 e. The molecule has 3 aromatic rings. The van der Waals surface area contributed by atoms with E-state index in [1.54, 1.807) is 67.5 Å². The number of carboxylic acids is 1. The smallest absolute Gasteiger partial charge is 0.408 e. The molecular formula is C49H76N10O10. The fourth-order valence-corrected chi connectivity index (χ4v) is 7.63. The summed E-state index contributed by atoms with van der Waals surface area (Å²) in [6.07, 6.45) is 4.36. The molecule has 20 nitrogen and oxygen atoms in total. The molecule has 0 bridgehead atoms. The van der Waals surface area contributed by atoms with Gasteiger partial charge in [-0.1, -0.05) is 92.1 Å². The van der Waals surface area contributed by atoms with Crippen LogP contribution in [0, 0.1) is 29.6 Å². The molecule has 20 heteroatoms. The molecule has 3 rings (SSSR count). The molecule has 69 heavy (non-hydrogen) atoms. The van der Waals surface area contributed by atoms with Crippen LogP contribution in [0.3, 0.4) is 0 Å². The number of aliphatic carboxylic acids is 1. The lowest BCUT2D eigenvalue weighted by Gasteiger charge is -2.33. The lowest BCUT2D eigenvalue weighted by Crippen LogP contribution is -2.59. The van der Waals surface area contributed by atoms with Crippen molar-refractivity contribution in [3.05, 3.63) is 72.3 Å². The summed E-state index contributed by atoms with van der Waals surface area (Å²) in [7, 11) is 0. The molecule has 0 saturated heterocycles. The average molecular weight is 965 g/mol. The van der Waals surface area contributed by atoms with Gasteiger partial charge in [0.1, 0.15) is 35.8 Å². The highest BCUT2D eigenvalue weighted by Crippen LogP contribution is 2.23. The molecule has 0 saturated carbocycles. The van der Waals surface area contributed by atoms with Crippen molar-refractivity contribution >= 4 is 41.6 Å². The van der Waals surface area contributed by atoms with Crippen LogP contribution in [0.1, 0.15) is 112 Å². The zero-order valence-electron chi connectivity index (χ0n) is 41.9. The van der Waals surface area contributed by atoms with Crippen LogP contribution in [0.4, 0.5) is 4.79 Å². The molecule has 0 fully saturated rings. The number of hydrogen-bond acceptors (Lipinski definition) is 11. The number of nitrogens with one attached hydrogen (secondary N) is 8. The normalized spacial score (nSPS) is 15.6. The van der Waals surface area contributed by atoms with Gasteiger partial charge in [-0.3, -0.25) is 24.0 Å². The van der Waals surface area contributed by atoms with Gasteiger partial charge >= 0.3 is 12.1 Å². The maximum atomic E-state index is 14.3. The van der Waals surface area contributed by atoms with Gasteiger partial charge in [0.25, 0.3) is 0 Å². The fourth-order valence-electron chi connectivity index (χ4n) is 7.63. The third-order valence-electron chi connectivity index (χ3n) is 11.7. The number of nitrogens with zero attached hydrogens (tertiary/aromatic N) is 2. The van der Waals surface area contributed by atoms with Gasteiger partial charge in [0, 0.05) is 49.0 Å². The highest BCUT2D eigenvalue weighted by Gasteiger charge is 2.37. The SMILES string of the molecule is CC[C@H](C)[C@H](NC(=O)[C@@H](NC(=O)[C@H](C[C@H](O)[C@H](CC(C)C)NC(=O)[C@H](Cc1cnc[nH]1)NC(=O)[C@H](Cc1ccccc1)NC(=O)OC(C)(C)C)C(C)C)C(C)C)C(=O)N[C@@H](Cc1cnc[nH]1)C(=O)O. The first kappa shape index (κ1) is 57.0. The van der Waals surface area contributed by atoms with E-state index in [0.717, 1.165) is 5.56 Å². The summed E-state index contributed by atoms with van der Waals surface area (Å²) >= 11 is 0. The monoisotopic (exact) mass is 965 g/mol. The van der Waals surface area contributed by atoms with E-state index < -0.39 is 107 Å². The second-order valence-corrected chi connectivity index (χ2v) is 19.9. The Kier molecular flexibility index (Phi) is 22.3. The molecule has 0 aliphatic carbocycles. The van der Waals surface area contributed by atoms with Crippen LogP contribution < -0.4 is 31.9 Å². The minimum absolute atomic E-state index is 0.0207. The molecule has 6 amide bonds. The second-order valence-electron chi connectivity index (χ2n) is 19.9. The van der Waals surface area contributed by atoms with Crippen LogP contribution in [0.2, 0.25) is 0 Å². The zero-order valence-corrected chi connectivity index (χ0v) is 41.9. The second kappa shape index (κ2) is 27.0. The summed E-state index contributed by atoms with van der Waals surface area (Å²) in [5.74, 6) is -6.54.